The van der Waals surface area contributed by atoms with Gasteiger partial charge in [0.15, 0.2) is 0 Å². The normalized spacial score (nSPS) is 10.6. The summed E-state index contributed by atoms with van der Waals surface area (Å²) in [6, 6.07) is 7.18. The number of aliphatic hydroxyl groups excluding tert-OH is 1. The lowest BCUT2D eigenvalue weighted by atomic mass is 10.1. The van der Waals surface area contributed by atoms with Crippen molar-refractivity contribution in [3.63, 3.8) is 0 Å². The van der Waals surface area contributed by atoms with Crippen LogP contribution in [0, 0.1) is 0 Å². The number of H-pyrrole nitrogens is 1. The van der Waals surface area contributed by atoms with Gasteiger partial charge in [0.2, 0.25) is 0 Å². The van der Waals surface area contributed by atoms with Crippen LogP contribution >= 0.6 is 11.6 Å². The van der Waals surface area contributed by atoms with Gasteiger partial charge in [0.25, 0.3) is 5.91 Å². The number of ether oxygens (including phenoxy) is 1. The van der Waals surface area contributed by atoms with E-state index in [1.54, 1.807) is 12.1 Å². The summed E-state index contributed by atoms with van der Waals surface area (Å²) in [7, 11) is 0. The van der Waals surface area contributed by atoms with E-state index >= 15 is 0 Å². The van der Waals surface area contributed by atoms with Crippen LogP contribution in [0.3, 0.4) is 0 Å². The molecule has 0 aliphatic heterocycles. The second-order valence-electron chi connectivity index (χ2n) is 4.61. The van der Waals surface area contributed by atoms with E-state index in [2.05, 4.69) is 15.5 Å². The Morgan fingerprint density at radius 3 is 2.82 bits per heavy atom. The predicted molar refractivity (Wildman–Crippen MR) is 83.9 cm³/mol. The Morgan fingerprint density at radius 2 is 2.09 bits per heavy atom. The number of amides is 1. The first-order valence-corrected chi connectivity index (χ1v) is 7.36. The van der Waals surface area contributed by atoms with E-state index in [0.717, 1.165) is 5.56 Å². The highest BCUT2D eigenvalue weighted by Crippen LogP contribution is 2.22. The molecule has 3 N–H and O–H groups in total. The van der Waals surface area contributed by atoms with Gasteiger partial charge in [-0.1, -0.05) is 23.7 Å². The van der Waals surface area contributed by atoms with Crippen molar-refractivity contribution in [3.05, 3.63) is 41.0 Å². The zero-order valence-electron chi connectivity index (χ0n) is 12.0. The summed E-state index contributed by atoms with van der Waals surface area (Å²) in [5.74, 6) is -0.194. The van der Waals surface area contributed by atoms with E-state index in [-0.39, 0.29) is 12.5 Å². The highest BCUT2D eigenvalue weighted by Gasteiger charge is 2.14. The molecular formula is C15H18ClN3O3. The Hall–Kier alpha value is -1.89. The summed E-state index contributed by atoms with van der Waals surface area (Å²) in [6.45, 7) is 1.31. The fourth-order valence-corrected chi connectivity index (χ4v) is 2.06. The molecule has 6 nitrogen and oxygen atoms in total. The Bertz CT molecular complexity index is 598. The molecule has 0 unspecified atom stereocenters. The van der Waals surface area contributed by atoms with Gasteiger partial charge in [-0.3, -0.25) is 9.89 Å². The van der Waals surface area contributed by atoms with E-state index in [1.165, 1.54) is 6.20 Å². The van der Waals surface area contributed by atoms with Gasteiger partial charge in [-0.25, -0.2) is 0 Å². The number of hydrogen-bond donors (Lipinski definition) is 3. The number of nitrogens with zero attached hydrogens (tertiary/aromatic N) is 1. The standard InChI is InChI=1S/C15H18ClN3O3/c16-12-4-2-11(3-5-12)14-13(10-18-19-14)15(21)17-6-1-8-22-9-7-20/h2-5,10,20H,1,6-9H2,(H,17,21)(H,18,19). The second-order valence-corrected chi connectivity index (χ2v) is 5.05. The third-order valence-corrected chi connectivity index (χ3v) is 3.26. The van der Waals surface area contributed by atoms with Crippen molar-refractivity contribution in [1.29, 1.82) is 0 Å². The van der Waals surface area contributed by atoms with Crippen molar-refractivity contribution in [3.8, 4) is 11.3 Å². The van der Waals surface area contributed by atoms with Gasteiger partial charge in [-0.15, -0.1) is 0 Å². The lowest BCUT2D eigenvalue weighted by Crippen LogP contribution is -2.25. The molecule has 2 rings (SSSR count). The van der Waals surface area contributed by atoms with Crippen LogP contribution in [0.5, 0.6) is 0 Å². The summed E-state index contributed by atoms with van der Waals surface area (Å²) in [5, 5.41) is 18.8. The molecule has 0 fully saturated rings. The lowest BCUT2D eigenvalue weighted by Gasteiger charge is -2.06. The van der Waals surface area contributed by atoms with Crippen molar-refractivity contribution in [1.82, 2.24) is 15.5 Å². The summed E-state index contributed by atoms with van der Waals surface area (Å²) >= 11 is 5.86. The maximum absolute atomic E-state index is 12.2. The van der Waals surface area contributed by atoms with E-state index in [9.17, 15) is 4.79 Å². The number of nitrogens with one attached hydrogen (secondary N) is 2. The number of rotatable bonds is 8. The zero-order chi connectivity index (χ0) is 15.8. The first-order valence-electron chi connectivity index (χ1n) is 6.98. The van der Waals surface area contributed by atoms with Crippen LogP contribution in [0.15, 0.2) is 30.5 Å². The molecule has 118 valence electrons. The SMILES string of the molecule is O=C(NCCCOCCO)c1cn[nH]c1-c1ccc(Cl)cc1. The van der Waals surface area contributed by atoms with Crippen molar-refractivity contribution >= 4 is 17.5 Å². The molecule has 0 aliphatic carbocycles. The van der Waals surface area contributed by atoms with Crippen molar-refractivity contribution < 1.29 is 14.6 Å². The number of carbonyl (C=O) groups excluding carboxylic acids is 1. The fraction of sp³-hybridized carbons (Fsp3) is 0.333. The highest BCUT2D eigenvalue weighted by atomic mass is 35.5. The summed E-state index contributed by atoms with van der Waals surface area (Å²) < 4.78 is 5.13. The zero-order valence-corrected chi connectivity index (χ0v) is 12.8. The minimum absolute atomic E-state index is 0.00578. The molecule has 1 aromatic heterocycles. The van der Waals surface area contributed by atoms with Gasteiger partial charge in [0.1, 0.15) is 0 Å². The largest absolute Gasteiger partial charge is 0.394 e. The van der Waals surface area contributed by atoms with E-state index < -0.39 is 0 Å². The number of aromatic amines is 1. The summed E-state index contributed by atoms with van der Waals surface area (Å²) in [6.07, 6.45) is 2.18. The van der Waals surface area contributed by atoms with Crippen LogP contribution in [0.25, 0.3) is 11.3 Å². The lowest BCUT2D eigenvalue weighted by molar-refractivity contribution is 0.0868. The van der Waals surface area contributed by atoms with E-state index in [0.29, 0.717) is 42.5 Å². The molecule has 22 heavy (non-hydrogen) atoms. The van der Waals surface area contributed by atoms with Gasteiger partial charge in [0, 0.05) is 23.7 Å². The summed E-state index contributed by atoms with van der Waals surface area (Å²) in [5.41, 5.74) is 1.99. The van der Waals surface area contributed by atoms with Crippen LogP contribution in [-0.2, 0) is 4.74 Å². The van der Waals surface area contributed by atoms with Crippen molar-refractivity contribution in [2.24, 2.45) is 0 Å². The third-order valence-electron chi connectivity index (χ3n) is 3.00. The molecule has 1 aromatic carbocycles. The summed E-state index contributed by atoms with van der Waals surface area (Å²) in [4.78, 5) is 12.2. The molecule has 0 radical (unpaired) electrons. The number of benzene rings is 1. The molecule has 2 aromatic rings. The van der Waals surface area contributed by atoms with Gasteiger partial charge < -0.3 is 15.2 Å². The van der Waals surface area contributed by atoms with Gasteiger partial charge in [0.05, 0.1) is 30.7 Å². The average Bonchev–Trinajstić information content (AvgIpc) is 3.01. The molecule has 0 aliphatic rings. The van der Waals surface area contributed by atoms with Gasteiger partial charge >= 0.3 is 0 Å². The van der Waals surface area contributed by atoms with Crippen LogP contribution in [0.1, 0.15) is 16.8 Å². The number of carbonyl (C=O) groups is 1. The van der Waals surface area contributed by atoms with Gasteiger partial charge in [-0.2, -0.15) is 5.10 Å². The number of aliphatic hydroxyl groups is 1. The first kappa shape index (κ1) is 16.5. The van der Waals surface area contributed by atoms with E-state index in [4.69, 9.17) is 21.4 Å². The maximum atomic E-state index is 12.2. The molecule has 0 bridgehead atoms. The number of hydrogen-bond acceptors (Lipinski definition) is 4. The quantitative estimate of drug-likeness (QED) is 0.647. The molecule has 0 saturated heterocycles. The van der Waals surface area contributed by atoms with Crippen LogP contribution < -0.4 is 5.32 Å². The maximum Gasteiger partial charge on any atom is 0.255 e. The Balaban J connectivity index is 1.91. The average molecular weight is 324 g/mol. The Morgan fingerprint density at radius 1 is 1.32 bits per heavy atom. The monoisotopic (exact) mass is 323 g/mol. The van der Waals surface area contributed by atoms with Crippen LogP contribution in [-0.4, -0.2) is 47.6 Å². The molecule has 1 amide bonds. The van der Waals surface area contributed by atoms with Crippen LogP contribution in [0.2, 0.25) is 5.02 Å². The van der Waals surface area contributed by atoms with Crippen molar-refractivity contribution in [2.45, 2.75) is 6.42 Å². The highest BCUT2D eigenvalue weighted by molar-refractivity contribution is 6.30. The first-order chi connectivity index (χ1) is 10.7. The van der Waals surface area contributed by atoms with E-state index in [1.807, 2.05) is 12.1 Å². The third kappa shape index (κ3) is 4.56. The topological polar surface area (TPSA) is 87.2 Å². The predicted octanol–water partition coefficient (Wildman–Crippen LogP) is 1.86. The molecule has 0 atom stereocenters. The Kier molecular flexibility index (Phi) is 6.39. The minimum Gasteiger partial charge on any atom is -0.394 e. The Labute approximate surface area is 133 Å². The fourth-order valence-electron chi connectivity index (χ4n) is 1.93. The second kappa shape index (κ2) is 8.53. The molecular weight excluding hydrogens is 306 g/mol. The molecule has 0 spiro atoms. The van der Waals surface area contributed by atoms with Gasteiger partial charge in [-0.05, 0) is 18.6 Å². The minimum atomic E-state index is -0.194. The molecule has 1 heterocycles. The molecule has 7 heteroatoms. The smallest absolute Gasteiger partial charge is 0.255 e. The number of halogens is 1. The van der Waals surface area contributed by atoms with Crippen molar-refractivity contribution in [2.75, 3.05) is 26.4 Å². The number of aromatic nitrogens is 2. The van der Waals surface area contributed by atoms with Crippen LogP contribution in [0.4, 0.5) is 0 Å². The molecule has 0 saturated carbocycles.